The van der Waals surface area contributed by atoms with Gasteiger partial charge in [0.2, 0.25) is 0 Å². The maximum absolute atomic E-state index is 2.39. The van der Waals surface area contributed by atoms with Crippen molar-refractivity contribution in [3.63, 3.8) is 0 Å². The molecule has 0 spiro atoms. The number of hydrogen-bond donors (Lipinski definition) is 0. The van der Waals surface area contributed by atoms with Gasteiger partial charge in [-0.15, -0.1) is 93.9 Å². The molecule has 0 nitrogen and oxygen atoms in total. The van der Waals surface area contributed by atoms with Crippen molar-refractivity contribution in [1.29, 1.82) is 0 Å². The summed E-state index contributed by atoms with van der Waals surface area (Å²) in [6.45, 7) is 8.59. The smallest absolute Gasteiger partial charge is 0.358 e. The molecule has 0 bridgehead atoms. The Morgan fingerprint density at radius 1 is 0.625 bits per heavy atom. The summed E-state index contributed by atoms with van der Waals surface area (Å²) >= 11 is 0. The Morgan fingerprint density at radius 2 is 1.03 bits per heavy atom. The average molecular weight is 549 g/mol. The summed E-state index contributed by atoms with van der Waals surface area (Å²) in [4.78, 5) is 0. The molecule has 4 aromatic rings. The molecule has 172 valence electrons. The Morgan fingerprint density at radius 3 is 1.31 bits per heavy atom. The van der Waals surface area contributed by atoms with Crippen molar-refractivity contribution in [2.75, 3.05) is 0 Å². The quantitative estimate of drug-likeness (QED) is 0.192. The van der Waals surface area contributed by atoms with Gasteiger partial charge in [0.05, 0.1) is 0 Å². The van der Waals surface area contributed by atoms with Crippen molar-refractivity contribution >= 4 is 46.4 Å². The SMILES string of the molecule is Cc1cc2c(C)cccc2[cH-]1.Cc1cc2c(C)cccc2[cH-]1.Cl.Cl.[CH-]1CCCCC1.[CH3-].[Zr+4]. The van der Waals surface area contributed by atoms with E-state index in [4.69, 9.17) is 0 Å². The van der Waals surface area contributed by atoms with Gasteiger partial charge in [-0.3, -0.25) is 0 Å². The van der Waals surface area contributed by atoms with E-state index < -0.39 is 0 Å². The largest absolute Gasteiger partial charge is 4.00 e. The first-order valence-corrected chi connectivity index (χ1v) is 10.6. The van der Waals surface area contributed by atoms with Crippen LogP contribution in [0.4, 0.5) is 0 Å². The predicted molar refractivity (Wildman–Crippen MR) is 146 cm³/mol. The second-order valence-corrected chi connectivity index (χ2v) is 8.15. The van der Waals surface area contributed by atoms with E-state index >= 15 is 0 Å². The molecule has 4 aromatic carbocycles. The molecule has 1 aliphatic rings. The van der Waals surface area contributed by atoms with Crippen LogP contribution in [0, 0.1) is 41.5 Å². The van der Waals surface area contributed by atoms with Crippen LogP contribution in [0.3, 0.4) is 0 Å². The molecule has 0 N–H and O–H groups in total. The minimum atomic E-state index is 0. The first-order chi connectivity index (χ1) is 13.5. The maximum Gasteiger partial charge on any atom is 4.00 e. The van der Waals surface area contributed by atoms with Crippen LogP contribution in [-0.2, 0) is 26.2 Å². The van der Waals surface area contributed by atoms with E-state index in [1.807, 2.05) is 0 Å². The molecule has 0 amide bonds. The van der Waals surface area contributed by atoms with E-state index in [2.05, 4.69) is 94.8 Å². The molecule has 0 aromatic heterocycles. The molecule has 3 heteroatoms. The van der Waals surface area contributed by atoms with Crippen molar-refractivity contribution in [3.05, 3.63) is 96.8 Å². The molecular formula is C29H38Cl2Zr. The molecule has 0 aliphatic heterocycles. The number of rotatable bonds is 0. The molecule has 0 saturated heterocycles. The summed E-state index contributed by atoms with van der Waals surface area (Å²) in [6, 6.07) is 21.8. The molecule has 32 heavy (non-hydrogen) atoms. The van der Waals surface area contributed by atoms with Crippen molar-refractivity contribution in [2.24, 2.45) is 0 Å². The summed E-state index contributed by atoms with van der Waals surface area (Å²) in [7, 11) is 0. The minimum Gasteiger partial charge on any atom is -0.358 e. The van der Waals surface area contributed by atoms with Crippen LogP contribution in [0.15, 0.2) is 60.7 Å². The molecule has 0 heterocycles. The van der Waals surface area contributed by atoms with Crippen LogP contribution in [0.1, 0.15) is 54.4 Å². The Hall–Kier alpha value is -0.877. The van der Waals surface area contributed by atoms with Gasteiger partial charge in [-0.25, -0.2) is 0 Å². The fraction of sp³-hybridized carbons (Fsp3) is 0.310. The number of halogens is 2. The third-order valence-electron chi connectivity index (χ3n) is 5.54. The van der Waals surface area contributed by atoms with E-state index in [0.29, 0.717) is 0 Å². The zero-order valence-electron chi connectivity index (χ0n) is 20.2. The van der Waals surface area contributed by atoms with E-state index in [9.17, 15) is 0 Å². The van der Waals surface area contributed by atoms with Crippen LogP contribution in [0.25, 0.3) is 21.5 Å². The van der Waals surface area contributed by atoms with Crippen molar-refractivity contribution < 1.29 is 26.2 Å². The molecule has 1 aliphatic carbocycles. The molecule has 0 atom stereocenters. The Balaban J connectivity index is 0. The van der Waals surface area contributed by atoms with Gasteiger partial charge in [0.15, 0.2) is 0 Å². The number of hydrogen-bond acceptors (Lipinski definition) is 0. The van der Waals surface area contributed by atoms with E-state index in [1.54, 1.807) is 0 Å². The predicted octanol–water partition coefficient (Wildman–Crippen LogP) is 9.80. The third-order valence-corrected chi connectivity index (χ3v) is 5.54. The summed E-state index contributed by atoms with van der Waals surface area (Å²) < 4.78 is 0. The molecular weight excluding hydrogens is 510 g/mol. The molecule has 0 radical (unpaired) electrons. The van der Waals surface area contributed by atoms with Gasteiger partial charge in [0.1, 0.15) is 0 Å². The standard InChI is InChI=1S/2C11H11.C6H11.CH3.2ClH.Zr/c2*1-8-6-10-5-3-4-9(2)11(10)7-8;1-2-4-6-5-3-1;;;;/h2*3-7H,1-2H3;1H,2-6H2;1H3;2*1H;/q4*-1;;;+4. The van der Waals surface area contributed by atoms with Crippen LogP contribution in [0.5, 0.6) is 0 Å². The first-order valence-electron chi connectivity index (χ1n) is 10.6. The minimum absolute atomic E-state index is 0. The van der Waals surface area contributed by atoms with Gasteiger partial charge < -0.3 is 13.8 Å². The fourth-order valence-electron chi connectivity index (χ4n) is 3.98. The van der Waals surface area contributed by atoms with Crippen LogP contribution < -0.4 is 0 Å². The number of aryl methyl sites for hydroxylation is 4. The average Bonchev–Trinajstić information content (AvgIpc) is 3.27. The second-order valence-electron chi connectivity index (χ2n) is 8.15. The maximum atomic E-state index is 2.39. The first kappa shape index (κ1) is 33.3. The van der Waals surface area contributed by atoms with Crippen molar-refractivity contribution in [1.82, 2.24) is 0 Å². The van der Waals surface area contributed by atoms with Crippen LogP contribution in [0.2, 0.25) is 0 Å². The molecule has 0 unspecified atom stereocenters. The monoisotopic (exact) mass is 546 g/mol. The third kappa shape index (κ3) is 9.55. The zero-order chi connectivity index (χ0) is 19.9. The van der Waals surface area contributed by atoms with Crippen LogP contribution in [-0.4, -0.2) is 0 Å². The van der Waals surface area contributed by atoms with Gasteiger partial charge >= 0.3 is 26.2 Å². The van der Waals surface area contributed by atoms with Gasteiger partial charge in [-0.1, -0.05) is 56.4 Å². The normalized spacial score (nSPS) is 11.9. The van der Waals surface area contributed by atoms with E-state index in [-0.39, 0.29) is 58.4 Å². The second kappa shape index (κ2) is 16.7. The van der Waals surface area contributed by atoms with Crippen molar-refractivity contribution in [2.45, 2.75) is 59.8 Å². The fourth-order valence-corrected chi connectivity index (χ4v) is 3.98. The van der Waals surface area contributed by atoms with E-state index in [1.165, 1.54) is 75.9 Å². The van der Waals surface area contributed by atoms with Gasteiger partial charge in [-0.2, -0.15) is 25.0 Å². The summed E-state index contributed by atoms with van der Waals surface area (Å²) in [5.74, 6) is 0. The van der Waals surface area contributed by atoms with Crippen LogP contribution >= 0.6 is 24.8 Å². The molecule has 5 rings (SSSR count). The van der Waals surface area contributed by atoms with Gasteiger partial charge in [0, 0.05) is 0 Å². The van der Waals surface area contributed by atoms with Gasteiger partial charge in [-0.05, 0) is 13.8 Å². The number of fused-ring (bicyclic) bond motifs is 2. The number of benzene rings is 2. The molecule has 1 fully saturated rings. The summed E-state index contributed by atoms with van der Waals surface area (Å²) in [5, 5.41) is 5.51. The van der Waals surface area contributed by atoms with E-state index in [0.717, 1.165) is 0 Å². The topological polar surface area (TPSA) is 0 Å². The Kier molecular flexibility index (Phi) is 17.4. The zero-order valence-corrected chi connectivity index (χ0v) is 24.3. The Bertz CT molecular complexity index is 933. The summed E-state index contributed by atoms with van der Waals surface area (Å²) in [5.41, 5.74) is 5.45. The summed E-state index contributed by atoms with van der Waals surface area (Å²) in [6.07, 6.45) is 9.50. The Labute approximate surface area is 227 Å². The van der Waals surface area contributed by atoms with Crippen molar-refractivity contribution in [3.8, 4) is 0 Å². The van der Waals surface area contributed by atoms with Gasteiger partial charge in [0.25, 0.3) is 0 Å². The molecule has 1 saturated carbocycles.